The van der Waals surface area contributed by atoms with Crippen molar-refractivity contribution in [2.45, 2.75) is 19.9 Å². The highest BCUT2D eigenvalue weighted by atomic mass is 32.1. The molecule has 2 heterocycles. The van der Waals surface area contributed by atoms with Crippen LogP contribution < -0.4 is 24.4 Å². The molecule has 41 heavy (non-hydrogen) atoms. The second-order valence-corrected chi connectivity index (χ2v) is 10.7. The number of carbonyl (C=O) groups excluding carboxylic acids is 1. The predicted molar refractivity (Wildman–Crippen MR) is 161 cm³/mol. The zero-order valence-corrected chi connectivity index (χ0v) is 24.0. The van der Waals surface area contributed by atoms with E-state index in [9.17, 15) is 9.59 Å². The number of ether oxygens (including phenoxy) is 3. The van der Waals surface area contributed by atoms with E-state index in [0.717, 1.165) is 27.1 Å². The van der Waals surface area contributed by atoms with Gasteiger partial charge in [-0.05, 0) is 70.8 Å². The second-order valence-electron chi connectivity index (χ2n) is 9.65. The lowest BCUT2D eigenvalue weighted by molar-refractivity contribution is -0.139. The minimum absolute atomic E-state index is 0.201. The first-order valence-corrected chi connectivity index (χ1v) is 14.1. The van der Waals surface area contributed by atoms with Crippen LogP contribution >= 0.6 is 11.3 Å². The van der Waals surface area contributed by atoms with Crippen LogP contribution in [0.1, 0.15) is 31.0 Å². The van der Waals surface area contributed by atoms with Gasteiger partial charge in [-0.15, -0.1) is 0 Å². The number of hydrogen-bond acceptors (Lipinski definition) is 7. The van der Waals surface area contributed by atoms with Gasteiger partial charge in [-0.1, -0.05) is 65.9 Å². The maximum atomic E-state index is 14.2. The molecule has 7 nitrogen and oxygen atoms in total. The molecular formula is C33H28N2O5S. The van der Waals surface area contributed by atoms with Gasteiger partial charge in [0, 0.05) is 0 Å². The summed E-state index contributed by atoms with van der Waals surface area (Å²) < 4.78 is 18.5. The Balaban J connectivity index is 1.64. The highest BCUT2D eigenvalue weighted by Crippen LogP contribution is 2.36. The van der Waals surface area contributed by atoms with Gasteiger partial charge in [0.2, 0.25) is 0 Å². The summed E-state index contributed by atoms with van der Waals surface area (Å²) >= 11 is 1.31. The van der Waals surface area contributed by atoms with Crippen LogP contribution in [-0.2, 0) is 9.53 Å². The Morgan fingerprint density at radius 2 is 1.61 bits per heavy atom. The van der Waals surface area contributed by atoms with Crippen LogP contribution in [0.5, 0.6) is 11.5 Å². The first-order chi connectivity index (χ1) is 19.9. The lowest BCUT2D eigenvalue weighted by atomic mass is 9.95. The third-order valence-electron chi connectivity index (χ3n) is 7.33. The highest BCUT2D eigenvalue weighted by Gasteiger charge is 2.34. The van der Waals surface area contributed by atoms with Crippen molar-refractivity contribution < 1.29 is 19.0 Å². The summed E-state index contributed by atoms with van der Waals surface area (Å²) in [6.45, 7) is 3.73. The van der Waals surface area contributed by atoms with Crippen molar-refractivity contribution >= 4 is 44.9 Å². The fourth-order valence-electron chi connectivity index (χ4n) is 5.47. The SMILES string of the molecule is CCOC(=O)C1=C(C)N=c2sc(=Cc3c4ccccc4cc4ccccc34)c(=O)n2[C@@H]1c1ccc(OC)c(OC)c1. The molecule has 0 amide bonds. The molecular weight excluding hydrogens is 536 g/mol. The molecule has 0 N–H and O–H groups in total. The summed E-state index contributed by atoms with van der Waals surface area (Å²) in [4.78, 5) is 32.7. The van der Waals surface area contributed by atoms with E-state index in [4.69, 9.17) is 19.2 Å². The number of thiazole rings is 1. The summed E-state index contributed by atoms with van der Waals surface area (Å²) in [7, 11) is 3.11. The molecule has 1 atom stereocenters. The summed E-state index contributed by atoms with van der Waals surface area (Å²) in [6, 6.07) is 23.1. The number of allylic oxidation sites excluding steroid dienone is 1. The van der Waals surface area contributed by atoms with Crippen molar-refractivity contribution in [3.63, 3.8) is 0 Å². The molecule has 1 aromatic heterocycles. The Bertz CT molecular complexity index is 2000. The maximum absolute atomic E-state index is 14.2. The van der Waals surface area contributed by atoms with Crippen molar-refractivity contribution in [1.82, 2.24) is 4.57 Å². The molecule has 0 unspecified atom stereocenters. The summed E-state index contributed by atoms with van der Waals surface area (Å²) in [6.07, 6.45) is 1.95. The van der Waals surface area contributed by atoms with E-state index in [2.05, 4.69) is 30.3 Å². The van der Waals surface area contributed by atoms with E-state index in [1.165, 1.54) is 11.3 Å². The van der Waals surface area contributed by atoms with Crippen molar-refractivity contribution in [3.05, 3.63) is 115 Å². The number of methoxy groups -OCH3 is 2. The van der Waals surface area contributed by atoms with Crippen LogP contribution in [0, 0.1) is 0 Å². The van der Waals surface area contributed by atoms with E-state index in [-0.39, 0.29) is 12.2 Å². The number of hydrogen-bond donors (Lipinski definition) is 0. The number of aromatic nitrogens is 1. The smallest absolute Gasteiger partial charge is 0.338 e. The molecule has 0 spiro atoms. The molecule has 4 aromatic carbocycles. The second kappa shape index (κ2) is 10.7. The lowest BCUT2D eigenvalue weighted by Gasteiger charge is -2.25. The average Bonchev–Trinajstić information content (AvgIpc) is 3.29. The quantitative estimate of drug-likeness (QED) is 0.211. The minimum atomic E-state index is -0.753. The van der Waals surface area contributed by atoms with Crippen LogP contribution in [0.3, 0.4) is 0 Å². The Morgan fingerprint density at radius 3 is 2.24 bits per heavy atom. The van der Waals surface area contributed by atoms with E-state index < -0.39 is 12.0 Å². The molecule has 206 valence electrons. The zero-order chi connectivity index (χ0) is 28.7. The number of benzene rings is 4. The number of carbonyl (C=O) groups is 1. The van der Waals surface area contributed by atoms with Gasteiger partial charge in [-0.3, -0.25) is 9.36 Å². The Hall–Kier alpha value is -4.69. The normalized spacial score (nSPS) is 15.1. The van der Waals surface area contributed by atoms with Crippen LogP contribution in [-0.4, -0.2) is 31.4 Å². The molecule has 0 saturated carbocycles. The summed E-state index contributed by atoms with van der Waals surface area (Å²) in [5.74, 6) is 0.528. The Labute approximate surface area is 240 Å². The van der Waals surface area contributed by atoms with Gasteiger partial charge in [0.05, 0.1) is 42.7 Å². The molecule has 5 aromatic rings. The van der Waals surface area contributed by atoms with Gasteiger partial charge >= 0.3 is 5.97 Å². The van der Waals surface area contributed by atoms with Gasteiger partial charge in [-0.25, -0.2) is 9.79 Å². The van der Waals surface area contributed by atoms with Crippen LogP contribution in [0.2, 0.25) is 0 Å². The number of rotatable bonds is 6. The van der Waals surface area contributed by atoms with Crippen molar-refractivity contribution in [3.8, 4) is 11.5 Å². The van der Waals surface area contributed by atoms with Gasteiger partial charge < -0.3 is 14.2 Å². The van der Waals surface area contributed by atoms with Crippen LogP contribution in [0.15, 0.2) is 93.9 Å². The Morgan fingerprint density at radius 1 is 0.951 bits per heavy atom. The summed E-state index contributed by atoms with van der Waals surface area (Å²) in [5, 5.41) is 4.29. The fourth-order valence-corrected chi connectivity index (χ4v) is 6.49. The molecule has 0 fully saturated rings. The van der Waals surface area contributed by atoms with Crippen LogP contribution in [0.25, 0.3) is 27.6 Å². The monoisotopic (exact) mass is 564 g/mol. The average molecular weight is 565 g/mol. The molecule has 1 aliphatic heterocycles. The third-order valence-corrected chi connectivity index (χ3v) is 8.31. The standard InChI is InChI=1S/C33H28N2O5S/c1-5-40-32(37)29-19(2)34-33-35(30(29)22-14-15-26(38-3)27(17-22)39-4)31(36)28(41-33)18-25-23-12-8-6-10-20(23)16-21-11-7-9-13-24(21)25/h6-18,30H,5H2,1-4H3/t30-/m1/s1. The van der Waals surface area contributed by atoms with E-state index in [0.29, 0.717) is 37.7 Å². The molecule has 0 aliphatic carbocycles. The largest absolute Gasteiger partial charge is 0.493 e. The van der Waals surface area contributed by atoms with Gasteiger partial charge in [0.25, 0.3) is 5.56 Å². The van der Waals surface area contributed by atoms with E-state index in [1.54, 1.807) is 44.8 Å². The number of fused-ring (bicyclic) bond motifs is 3. The van der Waals surface area contributed by atoms with E-state index >= 15 is 0 Å². The fraction of sp³-hybridized carbons (Fsp3) is 0.182. The topological polar surface area (TPSA) is 79.1 Å². The minimum Gasteiger partial charge on any atom is -0.493 e. The lowest BCUT2D eigenvalue weighted by Crippen LogP contribution is -2.40. The molecule has 8 heteroatoms. The maximum Gasteiger partial charge on any atom is 0.338 e. The first kappa shape index (κ1) is 26.5. The summed E-state index contributed by atoms with van der Waals surface area (Å²) in [5.41, 5.74) is 2.23. The number of nitrogens with zero attached hydrogens (tertiary/aromatic N) is 2. The van der Waals surface area contributed by atoms with Crippen molar-refractivity contribution in [1.29, 1.82) is 0 Å². The van der Waals surface area contributed by atoms with Gasteiger partial charge in [0.15, 0.2) is 16.3 Å². The van der Waals surface area contributed by atoms with Gasteiger partial charge in [0.1, 0.15) is 0 Å². The first-order valence-electron chi connectivity index (χ1n) is 13.3. The molecule has 6 rings (SSSR count). The predicted octanol–water partition coefficient (Wildman–Crippen LogP) is 5.12. The van der Waals surface area contributed by atoms with E-state index in [1.807, 2.05) is 36.4 Å². The van der Waals surface area contributed by atoms with Crippen molar-refractivity contribution in [2.24, 2.45) is 4.99 Å². The zero-order valence-electron chi connectivity index (χ0n) is 23.1. The molecule has 0 saturated heterocycles. The Kier molecular flexibility index (Phi) is 6.93. The van der Waals surface area contributed by atoms with Crippen LogP contribution in [0.4, 0.5) is 0 Å². The molecule has 0 radical (unpaired) electrons. The highest BCUT2D eigenvalue weighted by molar-refractivity contribution is 7.07. The molecule has 0 bridgehead atoms. The third kappa shape index (κ3) is 4.50. The van der Waals surface area contributed by atoms with Crippen molar-refractivity contribution in [2.75, 3.05) is 20.8 Å². The van der Waals surface area contributed by atoms with Gasteiger partial charge in [-0.2, -0.15) is 0 Å². The number of esters is 1. The molecule has 1 aliphatic rings.